The molecule has 142 valence electrons. The van der Waals surface area contributed by atoms with Crippen molar-refractivity contribution in [3.8, 4) is 11.8 Å². The monoisotopic (exact) mass is 387 g/mol. The Balaban J connectivity index is 1.98. The first-order chi connectivity index (χ1) is 13.9. The van der Waals surface area contributed by atoms with Crippen LogP contribution in [0.3, 0.4) is 0 Å². The third kappa shape index (κ3) is 2.80. The molecule has 0 aliphatic carbocycles. The average molecular weight is 387 g/mol. The van der Waals surface area contributed by atoms with Crippen LogP contribution in [-0.4, -0.2) is 19.4 Å². The van der Waals surface area contributed by atoms with Crippen LogP contribution in [0.4, 0.5) is 11.4 Å². The van der Waals surface area contributed by atoms with Gasteiger partial charge >= 0.3 is 0 Å². The lowest BCUT2D eigenvalue weighted by molar-refractivity contribution is -0.384. The Bertz CT molecular complexity index is 1470. The third-order valence-corrected chi connectivity index (χ3v) is 4.67. The van der Waals surface area contributed by atoms with Crippen LogP contribution < -0.4 is 16.1 Å². The molecule has 0 amide bonds. The zero-order chi connectivity index (χ0) is 20.7. The summed E-state index contributed by atoms with van der Waals surface area (Å²) in [4.78, 5) is 27.9. The number of pyridine rings is 1. The molecule has 9 nitrogen and oxygen atoms in total. The molecule has 4 rings (SSSR count). The van der Waals surface area contributed by atoms with Gasteiger partial charge < -0.3 is 10.4 Å². The molecule has 0 aliphatic heterocycles. The van der Waals surface area contributed by atoms with E-state index in [9.17, 15) is 25.3 Å². The Labute approximate surface area is 162 Å². The second-order valence-corrected chi connectivity index (χ2v) is 6.34. The van der Waals surface area contributed by atoms with Crippen molar-refractivity contribution in [1.29, 1.82) is 5.26 Å². The Morgan fingerprint density at radius 3 is 2.79 bits per heavy atom. The molecule has 0 saturated heterocycles. The van der Waals surface area contributed by atoms with Gasteiger partial charge in [0.15, 0.2) is 5.65 Å². The SMILES string of the molecule is Cc1c(C#N)c2nc3ccccc3n2c(=O)c1=CNc1cc([N+](=O)[O-])ccc1O. The largest absolute Gasteiger partial charge is 0.506 e. The maximum atomic E-state index is 13.1. The number of nitro benzene ring substituents is 1. The van der Waals surface area contributed by atoms with Gasteiger partial charge in [-0.3, -0.25) is 19.3 Å². The molecule has 0 spiro atoms. The highest BCUT2D eigenvalue weighted by atomic mass is 16.6. The number of nitrogens with zero attached hydrogens (tertiary/aromatic N) is 4. The van der Waals surface area contributed by atoms with Crippen molar-refractivity contribution in [2.24, 2.45) is 0 Å². The maximum Gasteiger partial charge on any atom is 0.271 e. The predicted molar refractivity (Wildman–Crippen MR) is 106 cm³/mol. The Hall–Kier alpha value is -4.45. The van der Waals surface area contributed by atoms with E-state index in [0.29, 0.717) is 16.6 Å². The summed E-state index contributed by atoms with van der Waals surface area (Å²) in [6, 6.07) is 12.6. The number of phenols is 1. The molecule has 29 heavy (non-hydrogen) atoms. The number of aromatic nitrogens is 2. The molecule has 2 aromatic heterocycles. The summed E-state index contributed by atoms with van der Waals surface area (Å²) in [7, 11) is 0. The first-order valence-electron chi connectivity index (χ1n) is 8.50. The highest BCUT2D eigenvalue weighted by Gasteiger charge is 2.16. The van der Waals surface area contributed by atoms with Crippen molar-refractivity contribution in [3.63, 3.8) is 0 Å². The fourth-order valence-corrected chi connectivity index (χ4v) is 3.19. The number of anilines is 1. The molecule has 2 N–H and O–H groups in total. The predicted octanol–water partition coefficient (Wildman–Crippen LogP) is 2.21. The van der Waals surface area contributed by atoms with Crippen molar-refractivity contribution < 1.29 is 10.0 Å². The molecule has 0 bridgehead atoms. The van der Waals surface area contributed by atoms with Crippen molar-refractivity contribution in [1.82, 2.24) is 9.38 Å². The number of phenolic OH excluding ortho intramolecular Hbond substituents is 1. The number of fused-ring (bicyclic) bond motifs is 3. The molecule has 0 saturated carbocycles. The number of non-ortho nitro benzene ring substituents is 1. The van der Waals surface area contributed by atoms with Gasteiger partial charge in [-0.05, 0) is 30.7 Å². The second kappa shape index (κ2) is 6.61. The van der Waals surface area contributed by atoms with E-state index >= 15 is 0 Å². The van der Waals surface area contributed by atoms with Crippen LogP contribution in [0, 0.1) is 28.4 Å². The molecule has 9 heteroatoms. The number of benzene rings is 2. The van der Waals surface area contributed by atoms with Crippen LogP contribution in [0.25, 0.3) is 22.9 Å². The summed E-state index contributed by atoms with van der Waals surface area (Å²) in [5.41, 5.74) is 1.53. The van der Waals surface area contributed by atoms with E-state index in [0.717, 1.165) is 6.07 Å². The number of hydrogen-bond donors (Lipinski definition) is 2. The molecule has 2 heterocycles. The fraction of sp³-hybridized carbons (Fsp3) is 0.0500. The molecular weight excluding hydrogens is 374 g/mol. The number of para-hydroxylation sites is 2. The lowest BCUT2D eigenvalue weighted by Gasteiger charge is -2.06. The zero-order valence-corrected chi connectivity index (χ0v) is 15.1. The van der Waals surface area contributed by atoms with Gasteiger partial charge in [0.05, 0.1) is 32.4 Å². The van der Waals surface area contributed by atoms with Crippen LogP contribution in [0.5, 0.6) is 5.75 Å². The molecule has 2 aromatic carbocycles. The molecular formula is C20H13N5O4. The minimum Gasteiger partial charge on any atom is -0.506 e. The van der Waals surface area contributed by atoms with Crippen LogP contribution in [0.2, 0.25) is 0 Å². The minimum atomic E-state index is -0.591. The van der Waals surface area contributed by atoms with Crippen LogP contribution in [0.1, 0.15) is 11.1 Å². The van der Waals surface area contributed by atoms with Gasteiger partial charge in [-0.1, -0.05) is 12.1 Å². The van der Waals surface area contributed by atoms with E-state index in [-0.39, 0.29) is 33.6 Å². The summed E-state index contributed by atoms with van der Waals surface area (Å²) in [6.07, 6.45) is 1.32. The van der Waals surface area contributed by atoms with E-state index < -0.39 is 10.5 Å². The normalized spacial score (nSPS) is 11.7. The highest BCUT2D eigenvalue weighted by molar-refractivity contribution is 5.82. The third-order valence-electron chi connectivity index (χ3n) is 4.67. The van der Waals surface area contributed by atoms with Crippen molar-refractivity contribution in [3.05, 3.63) is 79.3 Å². The Morgan fingerprint density at radius 1 is 1.31 bits per heavy atom. The standard InChI is InChI=1S/C20H13N5O4/c1-11-13(9-21)19-23-15-4-2-3-5-17(15)24(19)20(27)14(11)10-22-16-8-12(25(28)29)6-7-18(16)26/h2-8,10,22,26H,1H3. The van der Waals surface area contributed by atoms with Gasteiger partial charge in [0.25, 0.3) is 11.2 Å². The van der Waals surface area contributed by atoms with Crippen molar-refractivity contribution >= 4 is 34.3 Å². The smallest absolute Gasteiger partial charge is 0.271 e. The van der Waals surface area contributed by atoms with E-state index in [2.05, 4.69) is 16.4 Å². The van der Waals surface area contributed by atoms with Gasteiger partial charge in [-0.2, -0.15) is 5.26 Å². The molecule has 0 atom stereocenters. The summed E-state index contributed by atoms with van der Waals surface area (Å²) < 4.78 is 1.36. The van der Waals surface area contributed by atoms with Crippen molar-refractivity contribution in [2.45, 2.75) is 6.92 Å². The van der Waals surface area contributed by atoms with Gasteiger partial charge in [0.2, 0.25) is 0 Å². The number of nitro groups is 1. The number of aromatic hydroxyl groups is 1. The van der Waals surface area contributed by atoms with Gasteiger partial charge in [-0.25, -0.2) is 4.98 Å². The molecule has 0 unspecified atom stereocenters. The summed E-state index contributed by atoms with van der Waals surface area (Å²) in [5.74, 6) is -0.216. The Kier molecular flexibility index (Phi) is 4.09. The summed E-state index contributed by atoms with van der Waals surface area (Å²) >= 11 is 0. The van der Waals surface area contributed by atoms with Gasteiger partial charge in [-0.15, -0.1) is 0 Å². The average Bonchev–Trinajstić information content (AvgIpc) is 3.08. The number of hydrogen-bond acceptors (Lipinski definition) is 7. The van der Waals surface area contributed by atoms with E-state index in [4.69, 9.17) is 0 Å². The number of nitrogens with one attached hydrogen (secondary N) is 1. The van der Waals surface area contributed by atoms with Crippen LogP contribution in [0.15, 0.2) is 47.3 Å². The second-order valence-electron chi connectivity index (χ2n) is 6.34. The summed E-state index contributed by atoms with van der Waals surface area (Å²) in [6.45, 7) is 1.63. The fourth-order valence-electron chi connectivity index (χ4n) is 3.19. The number of rotatable bonds is 3. The first-order valence-corrected chi connectivity index (χ1v) is 8.50. The topological polar surface area (TPSA) is 134 Å². The van der Waals surface area contributed by atoms with E-state index in [1.165, 1.54) is 22.7 Å². The Morgan fingerprint density at radius 2 is 2.07 bits per heavy atom. The van der Waals surface area contributed by atoms with Crippen LogP contribution >= 0.6 is 0 Å². The number of nitriles is 1. The lowest BCUT2D eigenvalue weighted by atomic mass is 10.1. The van der Waals surface area contributed by atoms with Crippen LogP contribution in [-0.2, 0) is 0 Å². The zero-order valence-electron chi connectivity index (χ0n) is 15.1. The van der Waals surface area contributed by atoms with Crippen molar-refractivity contribution in [2.75, 3.05) is 5.32 Å². The van der Waals surface area contributed by atoms with Gasteiger partial charge in [0.1, 0.15) is 11.8 Å². The molecule has 0 aliphatic rings. The van der Waals surface area contributed by atoms with E-state index in [1.807, 2.05) is 0 Å². The first kappa shape index (κ1) is 17.9. The molecule has 0 fully saturated rings. The lowest BCUT2D eigenvalue weighted by Crippen LogP contribution is -2.34. The highest BCUT2D eigenvalue weighted by Crippen LogP contribution is 2.27. The quantitative estimate of drug-likeness (QED) is 0.313. The number of imidazole rings is 1. The minimum absolute atomic E-state index is 0.0621. The van der Waals surface area contributed by atoms with Gasteiger partial charge in [0, 0.05) is 18.3 Å². The molecule has 4 aromatic rings. The molecule has 0 radical (unpaired) electrons. The summed E-state index contributed by atoms with van der Waals surface area (Å²) in [5, 5.41) is 33.5. The maximum absolute atomic E-state index is 13.1. The van der Waals surface area contributed by atoms with E-state index in [1.54, 1.807) is 31.2 Å².